The molecule has 1 saturated carbocycles. The van der Waals surface area contributed by atoms with Gasteiger partial charge < -0.3 is 14.8 Å². The van der Waals surface area contributed by atoms with E-state index in [1.54, 1.807) is 20.8 Å². The standard InChI is InChI=1S/C23H24F6N2O3/c1-20(2,3)34-19(32)31-12-21(4-5-21)13-33-18-8-15(10-30-11-18)14-6-16(22(24,25)26)9-17(7-14)23(27,28)29/h6-11H,4-5,12-13H2,1-3H3,(H,31,32). The van der Waals surface area contributed by atoms with Crippen LogP contribution in [0, 0.1) is 5.41 Å². The number of rotatable bonds is 6. The van der Waals surface area contributed by atoms with Crippen LogP contribution in [-0.2, 0) is 17.1 Å². The average Bonchev–Trinajstić information content (AvgIpc) is 3.49. The largest absolute Gasteiger partial charge is 0.491 e. The van der Waals surface area contributed by atoms with Gasteiger partial charge in [-0.05, 0) is 63.4 Å². The zero-order chi connectivity index (χ0) is 25.4. The van der Waals surface area contributed by atoms with Crippen LogP contribution in [0.1, 0.15) is 44.7 Å². The Morgan fingerprint density at radius 2 is 1.53 bits per heavy atom. The third kappa shape index (κ3) is 7.01. The van der Waals surface area contributed by atoms with E-state index in [0.717, 1.165) is 12.8 Å². The lowest BCUT2D eigenvalue weighted by molar-refractivity contribution is -0.143. The molecular weight excluding hydrogens is 466 g/mol. The molecule has 0 atom stereocenters. The zero-order valence-corrected chi connectivity index (χ0v) is 18.7. The van der Waals surface area contributed by atoms with Crippen molar-refractivity contribution in [2.45, 2.75) is 51.6 Å². The predicted octanol–water partition coefficient (Wildman–Crippen LogP) is 6.47. The fraction of sp³-hybridized carbons (Fsp3) is 0.478. The first-order valence-corrected chi connectivity index (χ1v) is 10.4. The van der Waals surface area contributed by atoms with Crippen molar-refractivity contribution < 1.29 is 40.6 Å². The van der Waals surface area contributed by atoms with E-state index in [1.807, 2.05) is 0 Å². The Kier molecular flexibility index (Phi) is 6.78. The number of alkyl carbamates (subject to hydrolysis) is 1. The maximum absolute atomic E-state index is 13.2. The molecule has 1 aliphatic carbocycles. The normalized spacial score (nSPS) is 15.6. The molecule has 0 saturated heterocycles. The number of nitrogens with one attached hydrogen (secondary N) is 1. The highest BCUT2D eigenvalue weighted by atomic mass is 19.4. The van der Waals surface area contributed by atoms with E-state index in [4.69, 9.17) is 9.47 Å². The minimum absolute atomic E-state index is 0.0471. The maximum Gasteiger partial charge on any atom is 0.416 e. The highest BCUT2D eigenvalue weighted by Gasteiger charge is 2.44. The van der Waals surface area contributed by atoms with Crippen molar-refractivity contribution in [2.24, 2.45) is 5.41 Å². The van der Waals surface area contributed by atoms with Gasteiger partial charge in [0.2, 0.25) is 0 Å². The number of amides is 1. The second-order valence-corrected chi connectivity index (χ2v) is 9.35. The quantitative estimate of drug-likeness (QED) is 0.472. The van der Waals surface area contributed by atoms with Crippen LogP contribution in [0.25, 0.3) is 11.1 Å². The molecule has 3 rings (SSSR count). The summed E-state index contributed by atoms with van der Waals surface area (Å²) >= 11 is 0. The molecule has 1 fully saturated rings. The van der Waals surface area contributed by atoms with Crippen LogP contribution in [0.4, 0.5) is 31.1 Å². The second kappa shape index (κ2) is 8.99. The molecule has 5 nitrogen and oxygen atoms in total. The Hall–Kier alpha value is -2.98. The summed E-state index contributed by atoms with van der Waals surface area (Å²) in [6, 6.07) is 2.69. The fourth-order valence-corrected chi connectivity index (χ4v) is 3.14. The number of alkyl halides is 6. The van der Waals surface area contributed by atoms with Crippen LogP contribution in [0.2, 0.25) is 0 Å². The van der Waals surface area contributed by atoms with Gasteiger partial charge in [0.25, 0.3) is 0 Å². The first kappa shape index (κ1) is 25.6. The van der Waals surface area contributed by atoms with Crippen molar-refractivity contribution in [2.75, 3.05) is 13.2 Å². The lowest BCUT2D eigenvalue weighted by Gasteiger charge is -2.22. The van der Waals surface area contributed by atoms with Gasteiger partial charge in [-0.2, -0.15) is 26.3 Å². The number of nitrogens with zero attached hydrogens (tertiary/aromatic N) is 1. The topological polar surface area (TPSA) is 60.5 Å². The Labute approximate surface area is 192 Å². The van der Waals surface area contributed by atoms with Crippen molar-refractivity contribution in [3.63, 3.8) is 0 Å². The van der Waals surface area contributed by atoms with Gasteiger partial charge in [-0.15, -0.1) is 0 Å². The molecule has 0 radical (unpaired) electrons. The molecule has 1 heterocycles. The number of carbonyl (C=O) groups excluding carboxylic acids is 1. The predicted molar refractivity (Wildman–Crippen MR) is 111 cm³/mol. The first-order valence-electron chi connectivity index (χ1n) is 10.4. The van der Waals surface area contributed by atoms with Crippen molar-refractivity contribution in [3.05, 3.63) is 47.8 Å². The van der Waals surface area contributed by atoms with Crippen LogP contribution >= 0.6 is 0 Å². The van der Waals surface area contributed by atoms with Gasteiger partial charge in [0.1, 0.15) is 11.4 Å². The third-order valence-corrected chi connectivity index (χ3v) is 5.14. The van der Waals surface area contributed by atoms with Gasteiger partial charge in [0.15, 0.2) is 0 Å². The summed E-state index contributed by atoms with van der Waals surface area (Å²) in [4.78, 5) is 15.8. The van der Waals surface area contributed by atoms with Gasteiger partial charge in [-0.25, -0.2) is 4.79 Å². The SMILES string of the molecule is CC(C)(C)OC(=O)NCC1(COc2cncc(-c3cc(C(F)(F)F)cc(C(F)(F)F)c3)c2)CC1. The van der Waals surface area contributed by atoms with Crippen molar-refractivity contribution >= 4 is 6.09 Å². The van der Waals surface area contributed by atoms with Crippen molar-refractivity contribution in [3.8, 4) is 16.9 Å². The van der Waals surface area contributed by atoms with E-state index in [9.17, 15) is 31.1 Å². The van der Waals surface area contributed by atoms with Crippen molar-refractivity contribution in [1.82, 2.24) is 10.3 Å². The molecule has 1 aliphatic rings. The molecule has 0 bridgehead atoms. The molecule has 0 unspecified atom stereocenters. The highest BCUT2D eigenvalue weighted by Crippen LogP contribution is 2.45. The van der Waals surface area contributed by atoms with Crippen LogP contribution in [0.5, 0.6) is 5.75 Å². The molecule has 186 valence electrons. The molecule has 1 amide bonds. The number of ether oxygens (including phenoxy) is 2. The zero-order valence-electron chi connectivity index (χ0n) is 18.7. The Morgan fingerprint density at radius 3 is 2.03 bits per heavy atom. The molecular formula is C23H24F6N2O3. The number of halogens is 6. The summed E-state index contributed by atoms with van der Waals surface area (Å²) in [7, 11) is 0. The third-order valence-electron chi connectivity index (χ3n) is 5.14. The lowest BCUT2D eigenvalue weighted by atomic mass is 10.00. The summed E-state index contributed by atoms with van der Waals surface area (Å²) in [5, 5.41) is 2.69. The summed E-state index contributed by atoms with van der Waals surface area (Å²) in [6.07, 6.45) is -6.42. The smallest absolute Gasteiger partial charge is 0.416 e. The fourth-order valence-electron chi connectivity index (χ4n) is 3.14. The number of aromatic nitrogens is 1. The molecule has 0 aliphatic heterocycles. The van der Waals surface area contributed by atoms with Crippen LogP contribution < -0.4 is 10.1 Å². The van der Waals surface area contributed by atoms with E-state index in [2.05, 4.69) is 10.3 Å². The Morgan fingerprint density at radius 1 is 0.941 bits per heavy atom. The number of carbonyl (C=O) groups is 1. The summed E-state index contributed by atoms with van der Waals surface area (Å²) in [5.41, 5.74) is -4.02. The van der Waals surface area contributed by atoms with E-state index >= 15 is 0 Å². The lowest BCUT2D eigenvalue weighted by Crippen LogP contribution is -2.37. The van der Waals surface area contributed by atoms with E-state index in [-0.39, 0.29) is 35.0 Å². The molecule has 1 aromatic carbocycles. The number of benzene rings is 1. The molecule has 1 N–H and O–H groups in total. The highest BCUT2D eigenvalue weighted by molar-refractivity contribution is 5.68. The second-order valence-electron chi connectivity index (χ2n) is 9.35. The summed E-state index contributed by atoms with van der Waals surface area (Å²) in [5.74, 6) is 0.187. The van der Waals surface area contributed by atoms with Gasteiger partial charge in [-0.1, -0.05) is 0 Å². The van der Waals surface area contributed by atoms with Gasteiger partial charge in [0.05, 0.1) is 23.9 Å². The Bertz CT molecular complexity index is 1010. The molecule has 34 heavy (non-hydrogen) atoms. The Balaban J connectivity index is 1.73. The number of pyridine rings is 1. The van der Waals surface area contributed by atoms with Gasteiger partial charge in [-0.3, -0.25) is 4.98 Å². The van der Waals surface area contributed by atoms with Crippen LogP contribution in [-0.4, -0.2) is 29.8 Å². The summed E-state index contributed by atoms with van der Waals surface area (Å²) in [6.45, 7) is 5.71. The molecule has 2 aromatic rings. The van der Waals surface area contributed by atoms with E-state index in [1.165, 1.54) is 18.5 Å². The monoisotopic (exact) mass is 490 g/mol. The van der Waals surface area contributed by atoms with Crippen LogP contribution in [0.3, 0.4) is 0 Å². The van der Waals surface area contributed by atoms with Crippen LogP contribution in [0.15, 0.2) is 36.7 Å². The van der Waals surface area contributed by atoms with E-state index in [0.29, 0.717) is 18.7 Å². The van der Waals surface area contributed by atoms with Crippen molar-refractivity contribution in [1.29, 1.82) is 0 Å². The first-order chi connectivity index (χ1) is 15.6. The molecule has 0 spiro atoms. The van der Waals surface area contributed by atoms with Gasteiger partial charge >= 0.3 is 18.4 Å². The maximum atomic E-state index is 13.2. The average molecular weight is 490 g/mol. The van der Waals surface area contributed by atoms with Gasteiger partial charge in [0, 0.05) is 23.7 Å². The minimum Gasteiger partial charge on any atom is -0.491 e. The molecule has 11 heteroatoms. The molecule has 1 aromatic heterocycles. The minimum atomic E-state index is -4.95. The number of hydrogen-bond acceptors (Lipinski definition) is 4. The number of hydrogen-bond donors (Lipinski definition) is 1. The summed E-state index contributed by atoms with van der Waals surface area (Å²) < 4.78 is 89.9. The van der Waals surface area contributed by atoms with E-state index < -0.39 is 35.2 Å².